The lowest BCUT2D eigenvalue weighted by molar-refractivity contribution is -0.175. The van der Waals surface area contributed by atoms with Crippen LogP contribution in [0, 0.1) is 6.92 Å². The number of ether oxygens (including phenoxy) is 3. The van der Waals surface area contributed by atoms with Crippen molar-refractivity contribution in [2.45, 2.75) is 37.6 Å². The zero-order chi connectivity index (χ0) is 19.1. The van der Waals surface area contributed by atoms with Crippen LogP contribution in [0.25, 0.3) is 0 Å². The summed E-state index contributed by atoms with van der Waals surface area (Å²) >= 11 is 0. The van der Waals surface area contributed by atoms with Crippen molar-refractivity contribution in [3.05, 3.63) is 40.3 Å². The van der Waals surface area contributed by atoms with Crippen molar-refractivity contribution in [2.24, 2.45) is 0 Å². The quantitative estimate of drug-likeness (QED) is 0.578. The molecule has 0 saturated carbocycles. The fourth-order valence-electron chi connectivity index (χ4n) is 4.53. The minimum absolute atomic E-state index is 0.0443. The van der Waals surface area contributed by atoms with Gasteiger partial charge in [0.2, 0.25) is 5.75 Å². The number of benzene rings is 1. The summed E-state index contributed by atoms with van der Waals surface area (Å²) in [5.74, 6) is -2.26. The van der Waals surface area contributed by atoms with E-state index < -0.39 is 35.1 Å². The number of rotatable bonds is 1. The largest absolute Gasteiger partial charge is 0.504 e. The highest BCUT2D eigenvalue weighted by atomic mass is 16.6. The second-order valence-corrected chi connectivity index (χ2v) is 7.04. The number of furan rings is 1. The summed E-state index contributed by atoms with van der Waals surface area (Å²) in [6.07, 6.45) is 0.522. The smallest absolute Gasteiger partial charge is 0.317 e. The second-order valence-electron chi connectivity index (χ2n) is 7.04. The van der Waals surface area contributed by atoms with Crippen LogP contribution >= 0.6 is 0 Å². The van der Waals surface area contributed by atoms with Gasteiger partial charge >= 0.3 is 5.97 Å². The molecule has 5 rings (SSSR count). The van der Waals surface area contributed by atoms with E-state index in [1.54, 1.807) is 6.92 Å². The van der Waals surface area contributed by atoms with E-state index in [0.29, 0.717) is 22.5 Å². The van der Waals surface area contributed by atoms with Gasteiger partial charge in [-0.1, -0.05) is 0 Å². The Balaban J connectivity index is 1.70. The number of ketones is 1. The Morgan fingerprint density at radius 1 is 1.26 bits per heavy atom. The Bertz CT molecular complexity index is 1020. The molecule has 8 nitrogen and oxygen atoms in total. The van der Waals surface area contributed by atoms with Gasteiger partial charge in [0.05, 0.1) is 25.5 Å². The zero-order valence-corrected chi connectivity index (χ0v) is 14.6. The monoisotopic (exact) mass is 372 g/mol. The Kier molecular flexibility index (Phi) is 3.02. The number of phenolic OH excluding ortho intramolecular Hbond substituents is 2. The third-order valence-corrected chi connectivity index (χ3v) is 5.77. The minimum Gasteiger partial charge on any atom is -0.504 e. The van der Waals surface area contributed by atoms with Gasteiger partial charge in [0, 0.05) is 17.5 Å². The molecular weight excluding hydrogens is 356 g/mol. The molecule has 8 heteroatoms. The summed E-state index contributed by atoms with van der Waals surface area (Å²) in [6, 6.07) is 1.51. The molecule has 1 aromatic carbocycles. The first-order valence-corrected chi connectivity index (χ1v) is 8.48. The van der Waals surface area contributed by atoms with Crippen LogP contribution in [0.15, 0.2) is 16.7 Å². The highest BCUT2D eigenvalue weighted by Crippen LogP contribution is 2.58. The van der Waals surface area contributed by atoms with Gasteiger partial charge < -0.3 is 28.8 Å². The maximum Gasteiger partial charge on any atom is 0.317 e. The van der Waals surface area contributed by atoms with Crippen LogP contribution in [0.1, 0.15) is 51.3 Å². The summed E-state index contributed by atoms with van der Waals surface area (Å²) in [5, 5.41) is 20.6. The molecule has 2 aliphatic heterocycles. The molecule has 140 valence electrons. The van der Waals surface area contributed by atoms with E-state index in [9.17, 15) is 19.8 Å². The van der Waals surface area contributed by atoms with Crippen LogP contribution in [-0.2, 0) is 20.9 Å². The number of esters is 1. The minimum atomic E-state index is -1.42. The number of phenols is 2. The molecule has 1 aromatic heterocycles. The van der Waals surface area contributed by atoms with Crippen LogP contribution in [0.5, 0.6) is 17.2 Å². The Labute approximate surface area is 153 Å². The summed E-state index contributed by atoms with van der Waals surface area (Å²) in [7, 11) is 1.36. The van der Waals surface area contributed by atoms with E-state index in [4.69, 9.17) is 18.6 Å². The fourth-order valence-corrected chi connectivity index (χ4v) is 4.53. The number of aryl methyl sites for hydroxylation is 1. The SMILES string of the molecule is COc1cc2c(c(O)c1O)C1CC3(OC2)C(=O)c2c(coc2C)C3C(=O)O1. The topological polar surface area (TPSA) is 115 Å². The number of aromatic hydroxyl groups is 2. The number of fused-ring (bicyclic) bond motifs is 5. The van der Waals surface area contributed by atoms with Gasteiger partial charge in [0.15, 0.2) is 22.9 Å². The first-order chi connectivity index (χ1) is 12.9. The molecule has 2 aromatic rings. The van der Waals surface area contributed by atoms with E-state index in [0.717, 1.165) is 0 Å². The Morgan fingerprint density at radius 3 is 2.78 bits per heavy atom. The lowest BCUT2D eigenvalue weighted by Gasteiger charge is -2.38. The molecule has 3 atom stereocenters. The van der Waals surface area contributed by atoms with Crippen molar-refractivity contribution < 1.29 is 38.4 Å². The molecule has 2 N–H and O–H groups in total. The summed E-state index contributed by atoms with van der Waals surface area (Å²) in [5.41, 5.74) is 0.126. The maximum atomic E-state index is 13.2. The molecule has 27 heavy (non-hydrogen) atoms. The van der Waals surface area contributed by atoms with Crippen LogP contribution in [-0.4, -0.2) is 34.7 Å². The van der Waals surface area contributed by atoms with E-state index in [1.807, 2.05) is 0 Å². The highest BCUT2D eigenvalue weighted by molar-refractivity contribution is 6.13. The van der Waals surface area contributed by atoms with E-state index in [2.05, 4.69) is 0 Å². The molecule has 1 fully saturated rings. The number of hydrogen-bond acceptors (Lipinski definition) is 8. The molecule has 0 radical (unpaired) electrons. The van der Waals surface area contributed by atoms with Crippen molar-refractivity contribution in [3.8, 4) is 17.2 Å². The van der Waals surface area contributed by atoms with Gasteiger partial charge in [-0.3, -0.25) is 9.59 Å². The number of Topliss-reactive ketones (excluding diaryl/α,β-unsaturated/α-hetero) is 1. The third-order valence-electron chi connectivity index (χ3n) is 5.77. The Morgan fingerprint density at radius 2 is 2.04 bits per heavy atom. The normalized spacial score (nSPS) is 28.1. The first-order valence-electron chi connectivity index (χ1n) is 8.48. The third kappa shape index (κ3) is 1.80. The van der Waals surface area contributed by atoms with Crippen LogP contribution in [0.4, 0.5) is 0 Å². The average molecular weight is 372 g/mol. The summed E-state index contributed by atoms with van der Waals surface area (Å²) in [4.78, 5) is 26.1. The predicted molar refractivity (Wildman–Crippen MR) is 87.8 cm³/mol. The first kappa shape index (κ1) is 16.2. The lowest BCUT2D eigenvalue weighted by atomic mass is 9.79. The van der Waals surface area contributed by atoms with E-state index in [-0.39, 0.29) is 30.1 Å². The zero-order valence-electron chi connectivity index (χ0n) is 14.6. The average Bonchev–Trinajstić information content (AvgIpc) is 3.07. The van der Waals surface area contributed by atoms with Crippen molar-refractivity contribution in [2.75, 3.05) is 7.11 Å². The molecule has 2 bridgehead atoms. The number of carbonyl (C=O) groups excluding carboxylic acids is 2. The van der Waals surface area contributed by atoms with Gasteiger partial charge in [-0.25, -0.2) is 0 Å². The lowest BCUT2D eigenvalue weighted by Crippen LogP contribution is -2.49. The van der Waals surface area contributed by atoms with Crippen LogP contribution in [0.2, 0.25) is 0 Å². The Hall–Kier alpha value is -3.00. The fraction of sp³-hybridized carbons (Fsp3) is 0.368. The highest BCUT2D eigenvalue weighted by Gasteiger charge is 2.64. The molecule has 3 aliphatic rings. The predicted octanol–water partition coefficient (Wildman–Crippen LogP) is 2.24. The van der Waals surface area contributed by atoms with Crippen molar-refractivity contribution in [1.29, 1.82) is 0 Å². The standard InChI is InChI=1S/C19H16O8/c1-7-12-9(6-25-7)14-18(23)27-11-4-19(14,17(12)22)26-5-8-3-10(24-2)15(20)16(21)13(8)11/h3,6,11,14,20-21H,4-5H2,1-2H3. The number of hydrogen-bond donors (Lipinski definition) is 2. The molecule has 1 spiro atoms. The molecular formula is C19H16O8. The van der Waals surface area contributed by atoms with Gasteiger partial charge in [-0.15, -0.1) is 0 Å². The molecule has 1 aliphatic carbocycles. The molecule has 3 heterocycles. The van der Waals surface area contributed by atoms with E-state index >= 15 is 0 Å². The van der Waals surface area contributed by atoms with E-state index in [1.165, 1.54) is 19.4 Å². The van der Waals surface area contributed by atoms with Crippen LogP contribution < -0.4 is 4.74 Å². The van der Waals surface area contributed by atoms with Gasteiger partial charge in [-0.05, 0) is 18.6 Å². The van der Waals surface area contributed by atoms with Gasteiger partial charge in [0.1, 0.15) is 17.8 Å². The van der Waals surface area contributed by atoms with Crippen LogP contribution in [0.3, 0.4) is 0 Å². The van der Waals surface area contributed by atoms with Crippen molar-refractivity contribution in [1.82, 2.24) is 0 Å². The molecule has 3 unspecified atom stereocenters. The second kappa shape index (κ2) is 5.04. The van der Waals surface area contributed by atoms with Crippen molar-refractivity contribution in [3.63, 3.8) is 0 Å². The maximum absolute atomic E-state index is 13.2. The molecule has 0 amide bonds. The summed E-state index contributed by atoms with van der Waals surface area (Å²) < 4.78 is 22.0. The summed E-state index contributed by atoms with van der Waals surface area (Å²) in [6.45, 7) is 1.61. The number of carbonyl (C=O) groups is 2. The van der Waals surface area contributed by atoms with Gasteiger partial charge in [0.25, 0.3) is 0 Å². The van der Waals surface area contributed by atoms with Crippen molar-refractivity contribution >= 4 is 11.8 Å². The van der Waals surface area contributed by atoms with Gasteiger partial charge in [-0.2, -0.15) is 0 Å². The number of methoxy groups -OCH3 is 1. The molecule has 1 saturated heterocycles.